The van der Waals surface area contributed by atoms with Crippen molar-refractivity contribution in [1.82, 2.24) is 0 Å². The molecule has 0 saturated carbocycles. The van der Waals surface area contributed by atoms with Gasteiger partial charge in [-0.1, -0.05) is 0 Å². The molecule has 0 radical (unpaired) electrons. The van der Waals surface area contributed by atoms with Gasteiger partial charge in [-0.3, -0.25) is 0 Å². The van der Waals surface area contributed by atoms with E-state index in [1.165, 1.54) is 27.4 Å². The number of rotatable bonds is 10. The van der Waals surface area contributed by atoms with Crippen molar-refractivity contribution in [3.63, 3.8) is 0 Å². The molecule has 160 valence electrons. The van der Waals surface area contributed by atoms with Gasteiger partial charge in [0.1, 0.15) is 0 Å². The van der Waals surface area contributed by atoms with Crippen LogP contribution in [-0.2, 0) is 9.59 Å². The average Bonchev–Trinajstić information content (AvgIpc) is 2.77. The second-order valence-corrected chi connectivity index (χ2v) is 8.96. The Bertz CT molecular complexity index is 922. The molecule has 0 aliphatic rings. The fourth-order valence-corrected chi connectivity index (χ4v) is 4.85. The standard InChI is InChI=1S/C21H23AsClNO6/c1-27-14-10-18(29-3)15(19(11-14)30-4)6-8-21(26)24-13-5-7-17(28-2)16(9-13)22-20(25)12-23/h5-11,22H,12H2,1-4H3,(H,24,26). The molecule has 1 unspecified atom stereocenters. The van der Waals surface area contributed by atoms with Crippen LogP contribution in [0, 0.1) is 0 Å². The molecular weight excluding hydrogens is 473 g/mol. The second kappa shape index (κ2) is 11.5. The van der Waals surface area contributed by atoms with E-state index in [9.17, 15) is 9.59 Å². The predicted molar refractivity (Wildman–Crippen MR) is 119 cm³/mol. The normalized spacial score (nSPS) is 11.0. The van der Waals surface area contributed by atoms with Crippen LogP contribution < -0.4 is 28.6 Å². The first kappa shape index (κ1) is 23.6. The second-order valence-electron chi connectivity index (χ2n) is 5.87. The number of nitrogens with one attached hydrogen (secondary N) is 1. The summed E-state index contributed by atoms with van der Waals surface area (Å²) >= 11 is 4.49. The van der Waals surface area contributed by atoms with Gasteiger partial charge in [0.2, 0.25) is 0 Å². The molecule has 30 heavy (non-hydrogen) atoms. The molecule has 2 rings (SSSR count). The number of hydrogen-bond donors (Lipinski definition) is 1. The third-order valence-corrected chi connectivity index (χ3v) is 7.07. The number of benzene rings is 2. The van der Waals surface area contributed by atoms with E-state index in [1.54, 1.807) is 43.5 Å². The predicted octanol–water partition coefficient (Wildman–Crippen LogP) is 2.20. The molecule has 9 heteroatoms. The van der Waals surface area contributed by atoms with Crippen LogP contribution in [0.5, 0.6) is 23.0 Å². The van der Waals surface area contributed by atoms with Crippen LogP contribution in [0.3, 0.4) is 0 Å². The van der Waals surface area contributed by atoms with Crippen LogP contribution in [-0.4, -0.2) is 60.5 Å². The summed E-state index contributed by atoms with van der Waals surface area (Å²) in [7, 11) is 6.13. The van der Waals surface area contributed by atoms with Crippen LogP contribution in [0.15, 0.2) is 36.4 Å². The maximum absolute atomic E-state index is 12.4. The molecule has 0 fully saturated rings. The number of methoxy groups -OCH3 is 4. The molecule has 0 saturated heterocycles. The Morgan fingerprint density at radius 2 is 1.60 bits per heavy atom. The molecule has 2 aromatic carbocycles. The number of alkyl halides is 1. The number of carbonyl (C=O) groups is 2. The summed E-state index contributed by atoms with van der Waals surface area (Å²) < 4.78 is 22.0. The third-order valence-electron chi connectivity index (χ3n) is 4.02. The molecule has 0 aliphatic heterocycles. The number of carbonyl (C=O) groups excluding carboxylic acids is 2. The van der Waals surface area contributed by atoms with Gasteiger partial charge in [0, 0.05) is 0 Å². The SMILES string of the molecule is COc1cc(OC)c(C=CC(=O)Nc2ccc(OC)c([AsH]C(=O)CCl)c2)c(OC)c1. The summed E-state index contributed by atoms with van der Waals surface area (Å²) in [6, 6.07) is 8.57. The van der Waals surface area contributed by atoms with E-state index in [2.05, 4.69) is 5.32 Å². The Morgan fingerprint density at radius 3 is 2.13 bits per heavy atom. The number of halogens is 1. The molecule has 1 atom stereocenters. The van der Waals surface area contributed by atoms with E-state index in [4.69, 9.17) is 30.5 Å². The van der Waals surface area contributed by atoms with Gasteiger partial charge in [-0.2, -0.15) is 0 Å². The first-order valence-electron chi connectivity index (χ1n) is 8.78. The van der Waals surface area contributed by atoms with Gasteiger partial charge in [-0.25, -0.2) is 0 Å². The third kappa shape index (κ3) is 6.18. The van der Waals surface area contributed by atoms with E-state index in [0.29, 0.717) is 34.2 Å². The molecule has 1 amide bonds. The van der Waals surface area contributed by atoms with Gasteiger partial charge in [0.05, 0.1) is 7.11 Å². The maximum atomic E-state index is 12.4. The molecule has 2 aromatic rings. The summed E-state index contributed by atoms with van der Waals surface area (Å²) in [5.41, 5.74) is 1.16. The van der Waals surface area contributed by atoms with Crippen molar-refractivity contribution in [2.45, 2.75) is 0 Å². The molecular formula is C21H23AsClNO6. The zero-order chi connectivity index (χ0) is 22.1. The van der Waals surface area contributed by atoms with Crippen LogP contribution in [0.4, 0.5) is 5.69 Å². The number of hydrogen-bond acceptors (Lipinski definition) is 6. The first-order valence-corrected chi connectivity index (χ1v) is 11.4. The topological polar surface area (TPSA) is 83.1 Å². The molecule has 0 aliphatic carbocycles. The fraction of sp³-hybridized carbons (Fsp3) is 0.238. The minimum absolute atomic E-state index is 0.0166. The number of ether oxygens (including phenoxy) is 4. The van der Waals surface area contributed by atoms with Gasteiger partial charge >= 0.3 is 180 Å². The van der Waals surface area contributed by atoms with Crippen molar-refractivity contribution in [3.05, 3.63) is 42.0 Å². The Hall–Kier alpha value is -2.63. The molecule has 0 heterocycles. The van der Waals surface area contributed by atoms with Gasteiger partial charge < -0.3 is 0 Å². The Kier molecular flexibility index (Phi) is 9.09. The van der Waals surface area contributed by atoms with Crippen LogP contribution in [0.25, 0.3) is 6.08 Å². The van der Waals surface area contributed by atoms with E-state index >= 15 is 0 Å². The van der Waals surface area contributed by atoms with Crippen molar-refractivity contribution in [2.75, 3.05) is 39.6 Å². The van der Waals surface area contributed by atoms with Gasteiger partial charge in [-0.05, 0) is 0 Å². The summed E-state index contributed by atoms with van der Waals surface area (Å²) in [4.78, 5) is 24.2. The summed E-state index contributed by atoms with van der Waals surface area (Å²) in [6.45, 7) is 0. The van der Waals surface area contributed by atoms with Gasteiger partial charge in [0.25, 0.3) is 0 Å². The fourth-order valence-electron chi connectivity index (χ4n) is 2.61. The minimum atomic E-state index is -1.13. The van der Waals surface area contributed by atoms with Crippen molar-refractivity contribution < 1.29 is 28.5 Å². The Balaban J connectivity index is 2.22. The monoisotopic (exact) mass is 495 g/mol. The van der Waals surface area contributed by atoms with E-state index in [0.717, 1.165) is 4.35 Å². The average molecular weight is 496 g/mol. The van der Waals surface area contributed by atoms with E-state index in [1.807, 2.05) is 0 Å². The Labute approximate surface area is 187 Å². The summed E-state index contributed by atoms with van der Waals surface area (Å²) in [5.74, 6) is 1.81. The molecule has 7 nitrogen and oxygen atoms in total. The van der Waals surface area contributed by atoms with E-state index < -0.39 is 15.8 Å². The van der Waals surface area contributed by atoms with Crippen molar-refractivity contribution in [3.8, 4) is 23.0 Å². The van der Waals surface area contributed by atoms with E-state index in [-0.39, 0.29) is 16.4 Å². The summed E-state index contributed by atoms with van der Waals surface area (Å²) in [6.07, 6.45) is 2.97. The first-order chi connectivity index (χ1) is 14.4. The van der Waals surface area contributed by atoms with Gasteiger partial charge in [0.15, 0.2) is 0 Å². The van der Waals surface area contributed by atoms with Crippen LogP contribution in [0.1, 0.15) is 5.56 Å². The van der Waals surface area contributed by atoms with Crippen LogP contribution >= 0.6 is 11.6 Å². The molecule has 0 spiro atoms. The number of anilines is 1. The quantitative estimate of drug-likeness (QED) is 0.309. The number of amides is 1. The molecule has 0 aromatic heterocycles. The van der Waals surface area contributed by atoms with Crippen molar-refractivity contribution >= 4 is 53.9 Å². The zero-order valence-corrected chi connectivity index (χ0v) is 19.9. The Morgan fingerprint density at radius 1 is 0.967 bits per heavy atom. The van der Waals surface area contributed by atoms with Gasteiger partial charge in [-0.15, -0.1) is 0 Å². The van der Waals surface area contributed by atoms with Crippen molar-refractivity contribution in [1.29, 1.82) is 0 Å². The molecule has 0 bridgehead atoms. The zero-order valence-electron chi connectivity index (χ0n) is 17.1. The summed E-state index contributed by atoms with van der Waals surface area (Å²) in [5, 5.41) is 2.78. The van der Waals surface area contributed by atoms with Crippen molar-refractivity contribution in [2.24, 2.45) is 0 Å². The molecule has 1 N–H and O–H groups in total. The van der Waals surface area contributed by atoms with Crippen LogP contribution in [0.2, 0.25) is 0 Å².